The molecule has 0 aromatic heterocycles. The lowest BCUT2D eigenvalue weighted by molar-refractivity contribution is -0.122. The summed E-state index contributed by atoms with van der Waals surface area (Å²) in [5, 5.41) is 3.32. The Hall–Kier alpha value is -2.25. The number of nitrogens with zero attached hydrogens (tertiary/aromatic N) is 1. The topological polar surface area (TPSA) is 75.7 Å². The Morgan fingerprint density at radius 1 is 1.18 bits per heavy atom. The normalized spacial score (nSPS) is 12.3. The van der Waals surface area contributed by atoms with E-state index in [1.165, 1.54) is 0 Å². The first-order chi connectivity index (χ1) is 13.3. The summed E-state index contributed by atoms with van der Waals surface area (Å²) in [5.41, 5.74) is 1.26. The van der Waals surface area contributed by atoms with Crippen molar-refractivity contribution in [2.24, 2.45) is 0 Å². The second kappa shape index (κ2) is 9.80. The maximum absolute atomic E-state index is 12.8. The molecule has 28 heavy (non-hydrogen) atoms. The van der Waals surface area contributed by atoms with Crippen LogP contribution >= 0.6 is 11.6 Å². The summed E-state index contributed by atoms with van der Waals surface area (Å²) in [4.78, 5) is 12.8. The van der Waals surface area contributed by atoms with Crippen LogP contribution in [0.2, 0.25) is 5.02 Å². The zero-order valence-electron chi connectivity index (χ0n) is 16.2. The third kappa shape index (κ3) is 5.87. The van der Waals surface area contributed by atoms with E-state index in [4.69, 9.17) is 16.3 Å². The number of halogens is 1. The Morgan fingerprint density at radius 3 is 2.43 bits per heavy atom. The van der Waals surface area contributed by atoms with Gasteiger partial charge in [-0.1, -0.05) is 30.7 Å². The molecule has 0 aliphatic heterocycles. The molecule has 1 amide bonds. The maximum atomic E-state index is 12.8. The van der Waals surface area contributed by atoms with Gasteiger partial charge in [-0.05, 0) is 55.3 Å². The molecule has 152 valence electrons. The summed E-state index contributed by atoms with van der Waals surface area (Å²) in [6.45, 7) is 4.50. The third-order valence-electron chi connectivity index (χ3n) is 4.09. The van der Waals surface area contributed by atoms with Crippen LogP contribution in [-0.2, 0) is 21.4 Å². The van der Waals surface area contributed by atoms with Gasteiger partial charge in [0.15, 0.2) is 0 Å². The van der Waals surface area contributed by atoms with Crippen molar-refractivity contribution in [3.05, 3.63) is 59.1 Å². The summed E-state index contributed by atoms with van der Waals surface area (Å²) in [6.07, 6.45) is 1.41. The first-order valence-corrected chi connectivity index (χ1v) is 11.2. The minimum Gasteiger partial charge on any atom is -0.494 e. The molecule has 0 fully saturated rings. The number of carbonyl (C=O) groups is 1. The van der Waals surface area contributed by atoms with E-state index in [2.05, 4.69) is 5.32 Å². The average molecular weight is 425 g/mol. The van der Waals surface area contributed by atoms with E-state index in [0.717, 1.165) is 21.9 Å². The fourth-order valence-corrected chi connectivity index (χ4v) is 4.20. The van der Waals surface area contributed by atoms with Gasteiger partial charge >= 0.3 is 0 Å². The zero-order chi connectivity index (χ0) is 20.7. The van der Waals surface area contributed by atoms with E-state index < -0.39 is 16.1 Å². The fraction of sp³-hybridized carbons (Fsp3) is 0.350. The summed E-state index contributed by atoms with van der Waals surface area (Å²) in [6, 6.07) is 12.9. The lowest BCUT2D eigenvalue weighted by Crippen LogP contribution is -2.49. The number of carbonyl (C=O) groups excluding carboxylic acids is 1. The number of nitrogens with one attached hydrogen (secondary N) is 1. The minimum atomic E-state index is -3.67. The third-order valence-corrected chi connectivity index (χ3v) is 5.52. The summed E-state index contributed by atoms with van der Waals surface area (Å²) in [5.74, 6) is 0.352. The molecule has 6 nitrogen and oxygen atoms in total. The van der Waals surface area contributed by atoms with Crippen LogP contribution in [0.5, 0.6) is 5.75 Å². The van der Waals surface area contributed by atoms with Crippen molar-refractivity contribution < 1.29 is 17.9 Å². The average Bonchev–Trinajstić information content (AvgIpc) is 2.65. The quantitative estimate of drug-likeness (QED) is 0.667. The molecule has 0 bridgehead atoms. The lowest BCUT2D eigenvalue weighted by atomic mass is 10.1. The molecule has 0 saturated heterocycles. The van der Waals surface area contributed by atoms with Crippen LogP contribution in [0.15, 0.2) is 48.5 Å². The van der Waals surface area contributed by atoms with Gasteiger partial charge in [-0.2, -0.15) is 0 Å². The van der Waals surface area contributed by atoms with Crippen molar-refractivity contribution in [3.63, 3.8) is 0 Å². The summed E-state index contributed by atoms with van der Waals surface area (Å²) < 4.78 is 31.4. The van der Waals surface area contributed by atoms with Crippen LogP contribution in [0.3, 0.4) is 0 Å². The molecular formula is C20H25ClN2O4S. The van der Waals surface area contributed by atoms with Gasteiger partial charge in [0, 0.05) is 11.6 Å². The van der Waals surface area contributed by atoms with Crippen LogP contribution in [0, 0.1) is 0 Å². The monoisotopic (exact) mass is 424 g/mol. The Bertz CT molecular complexity index is 901. The van der Waals surface area contributed by atoms with Crippen LogP contribution in [0.4, 0.5) is 5.69 Å². The molecule has 1 unspecified atom stereocenters. The first kappa shape index (κ1) is 22.0. The second-order valence-electron chi connectivity index (χ2n) is 6.26. The van der Waals surface area contributed by atoms with Crippen molar-refractivity contribution in [2.45, 2.75) is 32.9 Å². The summed E-state index contributed by atoms with van der Waals surface area (Å²) >= 11 is 5.90. The number of sulfonamides is 1. The second-order valence-corrected chi connectivity index (χ2v) is 8.55. The number of rotatable bonds is 9. The van der Waals surface area contributed by atoms with Gasteiger partial charge in [-0.3, -0.25) is 9.10 Å². The van der Waals surface area contributed by atoms with E-state index >= 15 is 0 Å². The molecule has 0 saturated carbocycles. The standard InChI is InChI=1S/C20H25ClN2O4S/c1-4-19(23(28(3,25)26)17-11-9-16(21)10-12-17)20(24)22-14-15-7-6-8-18(13-15)27-5-2/h6-13,19H,4-5,14H2,1-3H3,(H,22,24). The van der Waals surface area contributed by atoms with Crippen LogP contribution in [0.25, 0.3) is 0 Å². The summed E-state index contributed by atoms with van der Waals surface area (Å²) in [7, 11) is -3.67. The highest BCUT2D eigenvalue weighted by molar-refractivity contribution is 7.92. The molecule has 0 aliphatic rings. The molecule has 1 N–H and O–H groups in total. The van der Waals surface area contributed by atoms with Crippen LogP contribution in [0.1, 0.15) is 25.8 Å². The largest absolute Gasteiger partial charge is 0.494 e. The van der Waals surface area contributed by atoms with Gasteiger partial charge in [0.05, 0.1) is 18.6 Å². The van der Waals surface area contributed by atoms with Gasteiger partial charge in [0.1, 0.15) is 11.8 Å². The van der Waals surface area contributed by atoms with Crippen molar-refractivity contribution in [1.82, 2.24) is 5.32 Å². The predicted molar refractivity (Wildman–Crippen MR) is 112 cm³/mol. The van der Waals surface area contributed by atoms with E-state index in [1.807, 2.05) is 31.2 Å². The van der Waals surface area contributed by atoms with Gasteiger partial charge in [-0.25, -0.2) is 8.42 Å². The first-order valence-electron chi connectivity index (χ1n) is 9.00. The van der Waals surface area contributed by atoms with Crippen molar-refractivity contribution in [1.29, 1.82) is 0 Å². The number of hydrogen-bond acceptors (Lipinski definition) is 4. The molecular weight excluding hydrogens is 400 g/mol. The maximum Gasteiger partial charge on any atom is 0.244 e. The fourth-order valence-electron chi connectivity index (χ4n) is 2.87. The number of anilines is 1. The Kier molecular flexibility index (Phi) is 7.71. The molecule has 8 heteroatoms. The molecule has 0 aliphatic carbocycles. The van der Waals surface area contributed by atoms with Crippen molar-refractivity contribution in [2.75, 3.05) is 17.2 Å². The number of benzene rings is 2. The van der Waals surface area contributed by atoms with Crippen molar-refractivity contribution in [3.8, 4) is 5.75 Å². The Morgan fingerprint density at radius 2 is 1.86 bits per heavy atom. The van der Waals surface area contributed by atoms with Gasteiger partial charge < -0.3 is 10.1 Å². The predicted octanol–water partition coefficient (Wildman–Crippen LogP) is 3.60. The van der Waals surface area contributed by atoms with E-state index in [9.17, 15) is 13.2 Å². The van der Waals surface area contributed by atoms with Gasteiger partial charge in [0.2, 0.25) is 15.9 Å². The molecule has 2 aromatic carbocycles. The highest BCUT2D eigenvalue weighted by Gasteiger charge is 2.31. The van der Waals surface area contributed by atoms with E-state index in [1.54, 1.807) is 31.2 Å². The van der Waals surface area contributed by atoms with Crippen molar-refractivity contribution >= 4 is 33.2 Å². The number of hydrogen-bond donors (Lipinski definition) is 1. The van der Waals surface area contributed by atoms with Crippen LogP contribution < -0.4 is 14.4 Å². The number of amides is 1. The highest BCUT2D eigenvalue weighted by Crippen LogP contribution is 2.24. The van der Waals surface area contributed by atoms with Crippen LogP contribution in [-0.4, -0.2) is 33.2 Å². The van der Waals surface area contributed by atoms with E-state index in [-0.39, 0.29) is 12.5 Å². The number of ether oxygens (including phenoxy) is 1. The minimum absolute atomic E-state index is 0.272. The smallest absolute Gasteiger partial charge is 0.244 e. The molecule has 0 spiro atoms. The zero-order valence-corrected chi connectivity index (χ0v) is 17.8. The molecule has 1 atom stereocenters. The lowest BCUT2D eigenvalue weighted by Gasteiger charge is -2.30. The molecule has 2 rings (SSSR count). The Balaban J connectivity index is 2.19. The van der Waals surface area contributed by atoms with Gasteiger partial charge in [0.25, 0.3) is 0 Å². The van der Waals surface area contributed by atoms with E-state index in [0.29, 0.717) is 23.7 Å². The molecule has 0 heterocycles. The highest BCUT2D eigenvalue weighted by atomic mass is 35.5. The van der Waals surface area contributed by atoms with Gasteiger partial charge in [-0.15, -0.1) is 0 Å². The molecule has 2 aromatic rings. The Labute approximate surface area is 171 Å². The molecule has 0 radical (unpaired) electrons. The SMILES string of the molecule is CCOc1cccc(CNC(=O)C(CC)N(c2ccc(Cl)cc2)S(C)(=O)=O)c1.